The standard InChI is InChI=1S/C24H28F3N5O.2ClH/c1-28-22-19-7-3-4-8-20(19)31-23(32-22)30-18-12-10-16(11-13-18)14-29-15-17-6-2-5-9-21(17)33-24(25,26)27;;/h2-9,16,18,29H,10-15H2,1H3,(H2,28,30,31,32);2*1H. The summed E-state index contributed by atoms with van der Waals surface area (Å²) in [7, 11) is 1.85. The molecule has 3 N–H and O–H groups in total. The number of para-hydroxylation sites is 2. The molecule has 0 bridgehead atoms. The van der Waals surface area contributed by atoms with E-state index in [1.807, 2.05) is 31.3 Å². The molecule has 0 radical (unpaired) electrons. The van der Waals surface area contributed by atoms with Gasteiger partial charge in [0, 0.05) is 30.6 Å². The van der Waals surface area contributed by atoms with E-state index in [9.17, 15) is 13.2 Å². The average Bonchev–Trinajstić information content (AvgIpc) is 2.80. The third-order valence-corrected chi connectivity index (χ3v) is 5.97. The van der Waals surface area contributed by atoms with Crippen molar-refractivity contribution in [2.75, 3.05) is 24.2 Å². The van der Waals surface area contributed by atoms with Gasteiger partial charge in [-0.15, -0.1) is 38.0 Å². The number of hydrogen-bond acceptors (Lipinski definition) is 6. The molecule has 1 aliphatic carbocycles. The lowest BCUT2D eigenvalue weighted by atomic mass is 9.86. The number of nitrogens with one attached hydrogen (secondary N) is 3. The highest BCUT2D eigenvalue weighted by Crippen LogP contribution is 2.29. The third-order valence-electron chi connectivity index (χ3n) is 5.97. The largest absolute Gasteiger partial charge is 0.573 e. The number of benzene rings is 2. The van der Waals surface area contributed by atoms with Crippen LogP contribution >= 0.6 is 24.8 Å². The minimum Gasteiger partial charge on any atom is -0.405 e. The zero-order valence-electron chi connectivity index (χ0n) is 19.3. The minimum absolute atomic E-state index is 0. The molecule has 1 saturated carbocycles. The molecule has 1 aliphatic rings. The van der Waals surface area contributed by atoms with E-state index in [-0.39, 0.29) is 30.6 Å². The molecule has 1 fully saturated rings. The molecule has 1 heterocycles. The number of aromatic nitrogens is 2. The van der Waals surface area contributed by atoms with E-state index in [0.29, 0.717) is 30.0 Å². The van der Waals surface area contributed by atoms with E-state index < -0.39 is 6.36 Å². The van der Waals surface area contributed by atoms with Crippen molar-refractivity contribution in [3.05, 3.63) is 54.1 Å². The van der Waals surface area contributed by atoms with E-state index in [4.69, 9.17) is 0 Å². The van der Waals surface area contributed by atoms with E-state index in [2.05, 4.69) is 30.7 Å². The van der Waals surface area contributed by atoms with Crippen LogP contribution in [-0.4, -0.2) is 36.0 Å². The Balaban J connectivity index is 0.00000216. The molecule has 0 spiro atoms. The molecule has 4 rings (SSSR count). The Labute approximate surface area is 215 Å². The molecule has 0 amide bonds. The lowest BCUT2D eigenvalue weighted by molar-refractivity contribution is -0.274. The molecule has 192 valence electrons. The van der Waals surface area contributed by atoms with Crippen LogP contribution in [0.15, 0.2) is 48.5 Å². The van der Waals surface area contributed by atoms with Crippen molar-refractivity contribution in [2.45, 2.75) is 44.6 Å². The predicted molar refractivity (Wildman–Crippen MR) is 138 cm³/mol. The van der Waals surface area contributed by atoms with Gasteiger partial charge >= 0.3 is 6.36 Å². The molecule has 11 heteroatoms. The van der Waals surface area contributed by atoms with Crippen molar-refractivity contribution in [1.82, 2.24) is 15.3 Å². The van der Waals surface area contributed by atoms with E-state index in [1.165, 1.54) is 12.1 Å². The van der Waals surface area contributed by atoms with Crippen LogP contribution < -0.4 is 20.7 Å². The molecule has 2 aromatic carbocycles. The second-order valence-corrected chi connectivity index (χ2v) is 8.31. The van der Waals surface area contributed by atoms with Crippen molar-refractivity contribution in [3.8, 4) is 5.75 Å². The van der Waals surface area contributed by atoms with Gasteiger partial charge in [0.15, 0.2) is 0 Å². The van der Waals surface area contributed by atoms with Crippen LogP contribution in [0.4, 0.5) is 24.9 Å². The Hall–Kier alpha value is -2.49. The number of alkyl halides is 3. The van der Waals surface area contributed by atoms with Gasteiger partial charge < -0.3 is 20.7 Å². The van der Waals surface area contributed by atoms with Crippen molar-refractivity contribution >= 4 is 47.5 Å². The zero-order chi connectivity index (χ0) is 23.3. The van der Waals surface area contributed by atoms with Crippen molar-refractivity contribution in [2.24, 2.45) is 5.92 Å². The fraction of sp³-hybridized carbons (Fsp3) is 0.417. The van der Waals surface area contributed by atoms with Gasteiger partial charge in [0.05, 0.1) is 5.52 Å². The van der Waals surface area contributed by atoms with Gasteiger partial charge in [-0.3, -0.25) is 0 Å². The number of rotatable bonds is 8. The second-order valence-electron chi connectivity index (χ2n) is 8.31. The number of anilines is 2. The average molecular weight is 532 g/mol. The molecule has 0 aliphatic heterocycles. The monoisotopic (exact) mass is 531 g/mol. The van der Waals surface area contributed by atoms with Gasteiger partial charge in [-0.25, -0.2) is 4.98 Å². The first-order valence-electron chi connectivity index (χ1n) is 11.2. The molecule has 35 heavy (non-hydrogen) atoms. The molecule has 1 aromatic heterocycles. The predicted octanol–water partition coefficient (Wildman–Crippen LogP) is 6.17. The summed E-state index contributed by atoms with van der Waals surface area (Å²) in [4.78, 5) is 9.26. The van der Waals surface area contributed by atoms with Gasteiger partial charge in [-0.05, 0) is 56.3 Å². The number of halogens is 5. The summed E-state index contributed by atoms with van der Waals surface area (Å²) in [5.41, 5.74) is 1.39. The van der Waals surface area contributed by atoms with Gasteiger partial charge in [0.2, 0.25) is 5.95 Å². The summed E-state index contributed by atoms with van der Waals surface area (Å²) < 4.78 is 41.9. The zero-order valence-corrected chi connectivity index (χ0v) is 20.9. The topological polar surface area (TPSA) is 71.1 Å². The summed E-state index contributed by atoms with van der Waals surface area (Å²) in [5, 5.41) is 10.9. The first-order valence-corrected chi connectivity index (χ1v) is 11.2. The quantitative estimate of drug-likeness (QED) is 0.322. The van der Waals surface area contributed by atoms with Gasteiger partial charge in [0.1, 0.15) is 11.6 Å². The fourth-order valence-corrected chi connectivity index (χ4v) is 4.31. The summed E-state index contributed by atoms with van der Waals surface area (Å²) in [6.07, 6.45) is -0.657. The second kappa shape index (κ2) is 13.0. The summed E-state index contributed by atoms with van der Waals surface area (Å²) in [6, 6.07) is 14.5. The van der Waals surface area contributed by atoms with E-state index in [1.54, 1.807) is 12.1 Å². The maximum absolute atomic E-state index is 12.6. The van der Waals surface area contributed by atoms with Crippen molar-refractivity contribution in [3.63, 3.8) is 0 Å². The van der Waals surface area contributed by atoms with Gasteiger partial charge in [-0.1, -0.05) is 30.3 Å². The highest BCUT2D eigenvalue weighted by atomic mass is 35.5. The smallest absolute Gasteiger partial charge is 0.405 e. The van der Waals surface area contributed by atoms with Crippen molar-refractivity contribution in [1.29, 1.82) is 0 Å². The van der Waals surface area contributed by atoms with Crippen LogP contribution in [0.5, 0.6) is 5.75 Å². The molecular weight excluding hydrogens is 502 g/mol. The number of nitrogens with zero attached hydrogens (tertiary/aromatic N) is 2. The fourth-order valence-electron chi connectivity index (χ4n) is 4.31. The van der Waals surface area contributed by atoms with E-state index >= 15 is 0 Å². The number of ether oxygens (including phenoxy) is 1. The Bertz CT molecular complexity index is 1080. The first-order chi connectivity index (χ1) is 15.9. The number of fused-ring (bicyclic) bond motifs is 1. The van der Waals surface area contributed by atoms with Crippen LogP contribution in [0.1, 0.15) is 31.2 Å². The Morgan fingerprint density at radius 1 is 0.943 bits per heavy atom. The molecule has 0 saturated heterocycles. The minimum atomic E-state index is -4.69. The first kappa shape index (κ1) is 28.7. The molecule has 0 atom stereocenters. The Morgan fingerprint density at radius 3 is 2.34 bits per heavy atom. The molecule has 3 aromatic rings. The maximum Gasteiger partial charge on any atom is 0.573 e. The van der Waals surface area contributed by atoms with E-state index in [0.717, 1.165) is 48.9 Å². The van der Waals surface area contributed by atoms with Crippen molar-refractivity contribution < 1.29 is 17.9 Å². The van der Waals surface area contributed by atoms with Crippen LogP contribution in [0, 0.1) is 5.92 Å². The highest BCUT2D eigenvalue weighted by Gasteiger charge is 2.32. The lowest BCUT2D eigenvalue weighted by Crippen LogP contribution is -2.31. The number of hydrogen-bond donors (Lipinski definition) is 3. The van der Waals surface area contributed by atoms with Crippen LogP contribution in [0.2, 0.25) is 0 Å². The van der Waals surface area contributed by atoms with Crippen LogP contribution in [0.3, 0.4) is 0 Å². The SMILES string of the molecule is CNc1nc(NC2CCC(CNCc3ccccc3OC(F)(F)F)CC2)nc2ccccc12.Cl.Cl. The maximum atomic E-state index is 12.6. The van der Waals surface area contributed by atoms with Crippen LogP contribution in [0.25, 0.3) is 10.9 Å². The Morgan fingerprint density at radius 2 is 1.63 bits per heavy atom. The highest BCUT2D eigenvalue weighted by molar-refractivity contribution is 5.89. The summed E-state index contributed by atoms with van der Waals surface area (Å²) >= 11 is 0. The molecule has 0 unspecified atom stereocenters. The molecular formula is C24H30Cl2F3N5O. The van der Waals surface area contributed by atoms with Gasteiger partial charge in [0.25, 0.3) is 0 Å². The van der Waals surface area contributed by atoms with Crippen LogP contribution in [-0.2, 0) is 6.54 Å². The Kier molecular flexibility index (Phi) is 10.7. The third kappa shape index (κ3) is 8.02. The summed E-state index contributed by atoms with van der Waals surface area (Å²) in [5.74, 6) is 1.75. The van der Waals surface area contributed by atoms with Gasteiger partial charge in [-0.2, -0.15) is 4.98 Å². The normalized spacial score (nSPS) is 17.7. The molecule has 6 nitrogen and oxygen atoms in total. The lowest BCUT2D eigenvalue weighted by Gasteiger charge is -2.29. The summed E-state index contributed by atoms with van der Waals surface area (Å²) in [6.45, 7) is 1.09.